The van der Waals surface area contributed by atoms with Crippen LogP contribution in [0.2, 0.25) is 0 Å². The van der Waals surface area contributed by atoms with E-state index in [-0.39, 0.29) is 22.5 Å². The normalized spacial score (nSPS) is 11.9. The molecule has 0 aliphatic heterocycles. The Morgan fingerprint density at radius 2 is 1.84 bits per heavy atom. The summed E-state index contributed by atoms with van der Waals surface area (Å²) < 4.78 is 28.9. The molecule has 0 bridgehead atoms. The van der Waals surface area contributed by atoms with Gasteiger partial charge in [-0.3, -0.25) is 4.79 Å². The summed E-state index contributed by atoms with van der Waals surface area (Å²) >= 11 is 0. The third kappa shape index (κ3) is 3.60. The first-order chi connectivity index (χ1) is 11.9. The summed E-state index contributed by atoms with van der Waals surface area (Å²) in [6.45, 7) is 1.39. The third-order valence-corrected chi connectivity index (χ3v) is 3.42. The fraction of sp³-hybridized carbons (Fsp3) is 0.111. The van der Waals surface area contributed by atoms with Gasteiger partial charge in [0.1, 0.15) is 29.2 Å². The quantitative estimate of drug-likeness (QED) is 0.761. The topological polar surface area (TPSA) is 86.0 Å². The Bertz CT molecular complexity index is 977. The van der Waals surface area contributed by atoms with Crippen molar-refractivity contribution in [3.8, 4) is 17.2 Å². The molecule has 0 saturated carbocycles. The zero-order valence-electron chi connectivity index (χ0n) is 13.1. The Kier molecular flexibility index (Phi) is 4.38. The standard InChI is InChI=1S/C18H13FO6/c1-10(18(21)22)24-13-6-7-14-15(8-13)23-9-16(17(14)20)25-12-4-2-11(19)3-5-12/h2-10H,1H3,(H,21,22). The van der Waals surface area contributed by atoms with Crippen LogP contribution < -0.4 is 14.9 Å². The lowest BCUT2D eigenvalue weighted by atomic mass is 10.2. The lowest BCUT2D eigenvalue weighted by Crippen LogP contribution is -2.22. The van der Waals surface area contributed by atoms with Crippen LogP contribution in [-0.4, -0.2) is 17.2 Å². The van der Waals surface area contributed by atoms with Crippen molar-refractivity contribution >= 4 is 16.9 Å². The number of hydrogen-bond donors (Lipinski definition) is 1. The highest BCUT2D eigenvalue weighted by Gasteiger charge is 2.14. The molecule has 0 radical (unpaired) electrons. The summed E-state index contributed by atoms with van der Waals surface area (Å²) in [5.41, 5.74) is -0.185. The van der Waals surface area contributed by atoms with Crippen molar-refractivity contribution in [2.75, 3.05) is 0 Å². The Balaban J connectivity index is 1.91. The average molecular weight is 344 g/mol. The number of aliphatic carboxylic acids is 1. The minimum Gasteiger partial charge on any atom is -0.479 e. The summed E-state index contributed by atoms with van der Waals surface area (Å²) in [5, 5.41) is 9.10. The number of carbonyl (C=O) groups is 1. The van der Waals surface area contributed by atoms with E-state index in [2.05, 4.69) is 0 Å². The van der Waals surface area contributed by atoms with E-state index in [0.29, 0.717) is 5.75 Å². The van der Waals surface area contributed by atoms with Crippen molar-refractivity contribution in [1.29, 1.82) is 0 Å². The number of halogens is 1. The van der Waals surface area contributed by atoms with Gasteiger partial charge in [-0.2, -0.15) is 0 Å². The molecule has 0 aliphatic rings. The molecule has 0 saturated heterocycles. The van der Waals surface area contributed by atoms with Crippen LogP contribution in [0.15, 0.2) is 57.9 Å². The highest BCUT2D eigenvalue weighted by molar-refractivity contribution is 5.79. The van der Waals surface area contributed by atoms with E-state index in [1.54, 1.807) is 0 Å². The van der Waals surface area contributed by atoms with Crippen molar-refractivity contribution in [3.05, 3.63) is 64.8 Å². The summed E-state index contributed by atoms with van der Waals surface area (Å²) in [5.74, 6) is -1.02. The van der Waals surface area contributed by atoms with Gasteiger partial charge < -0.3 is 19.0 Å². The molecule has 0 spiro atoms. The van der Waals surface area contributed by atoms with Crippen LogP contribution in [0.1, 0.15) is 6.92 Å². The maximum atomic E-state index is 12.9. The molecule has 25 heavy (non-hydrogen) atoms. The smallest absolute Gasteiger partial charge is 0.344 e. The lowest BCUT2D eigenvalue weighted by molar-refractivity contribution is -0.144. The fourth-order valence-corrected chi connectivity index (χ4v) is 2.12. The second-order valence-corrected chi connectivity index (χ2v) is 5.24. The third-order valence-electron chi connectivity index (χ3n) is 3.42. The number of carboxylic acids is 1. The largest absolute Gasteiger partial charge is 0.479 e. The molecule has 0 fully saturated rings. The summed E-state index contributed by atoms with van der Waals surface area (Å²) in [6.07, 6.45) is 0.101. The molecule has 7 heteroatoms. The summed E-state index contributed by atoms with van der Waals surface area (Å²) in [4.78, 5) is 23.3. The Morgan fingerprint density at radius 1 is 1.16 bits per heavy atom. The van der Waals surface area contributed by atoms with E-state index < -0.39 is 23.3 Å². The van der Waals surface area contributed by atoms with E-state index >= 15 is 0 Å². The molecule has 2 aromatic carbocycles. The average Bonchev–Trinajstić information content (AvgIpc) is 2.59. The van der Waals surface area contributed by atoms with Gasteiger partial charge in [-0.15, -0.1) is 0 Å². The van der Waals surface area contributed by atoms with E-state index in [0.717, 1.165) is 6.26 Å². The van der Waals surface area contributed by atoms with Gasteiger partial charge in [-0.05, 0) is 43.3 Å². The number of benzene rings is 2. The van der Waals surface area contributed by atoms with Gasteiger partial charge in [0.15, 0.2) is 6.10 Å². The first kappa shape index (κ1) is 16.5. The molecule has 3 aromatic rings. The molecular weight excluding hydrogens is 331 g/mol. The second kappa shape index (κ2) is 6.64. The number of fused-ring (bicyclic) bond motifs is 1. The Morgan fingerprint density at radius 3 is 2.52 bits per heavy atom. The van der Waals surface area contributed by atoms with Crippen LogP contribution in [0.3, 0.4) is 0 Å². The van der Waals surface area contributed by atoms with E-state index in [1.165, 1.54) is 49.4 Å². The monoisotopic (exact) mass is 344 g/mol. The van der Waals surface area contributed by atoms with Crippen molar-refractivity contribution < 1.29 is 28.2 Å². The van der Waals surface area contributed by atoms with Gasteiger partial charge in [0, 0.05) is 6.07 Å². The van der Waals surface area contributed by atoms with Crippen LogP contribution in [0.4, 0.5) is 4.39 Å². The molecule has 0 aliphatic carbocycles. The van der Waals surface area contributed by atoms with Gasteiger partial charge in [-0.1, -0.05) is 0 Å². The zero-order valence-corrected chi connectivity index (χ0v) is 13.1. The van der Waals surface area contributed by atoms with E-state index in [4.69, 9.17) is 19.0 Å². The molecule has 1 N–H and O–H groups in total. The molecule has 0 amide bonds. The highest BCUT2D eigenvalue weighted by atomic mass is 19.1. The van der Waals surface area contributed by atoms with Crippen LogP contribution in [0, 0.1) is 5.82 Å². The Hall–Kier alpha value is -3.35. The minimum atomic E-state index is -1.11. The van der Waals surface area contributed by atoms with Crippen LogP contribution in [0.25, 0.3) is 11.0 Å². The van der Waals surface area contributed by atoms with Crippen molar-refractivity contribution in [3.63, 3.8) is 0 Å². The van der Waals surface area contributed by atoms with E-state index in [9.17, 15) is 14.0 Å². The predicted octanol–water partition coefficient (Wildman–Crippen LogP) is 3.58. The molecule has 1 unspecified atom stereocenters. The molecule has 128 valence electrons. The highest BCUT2D eigenvalue weighted by Crippen LogP contribution is 2.24. The van der Waals surface area contributed by atoms with Gasteiger partial charge in [0.05, 0.1) is 5.39 Å². The number of rotatable bonds is 5. The van der Waals surface area contributed by atoms with Crippen molar-refractivity contribution in [2.45, 2.75) is 13.0 Å². The predicted molar refractivity (Wildman–Crippen MR) is 86.7 cm³/mol. The van der Waals surface area contributed by atoms with Gasteiger partial charge >= 0.3 is 5.97 Å². The maximum absolute atomic E-state index is 12.9. The van der Waals surface area contributed by atoms with Crippen molar-refractivity contribution in [1.82, 2.24) is 0 Å². The number of ether oxygens (including phenoxy) is 2. The molecule has 1 aromatic heterocycles. The van der Waals surface area contributed by atoms with Crippen LogP contribution in [-0.2, 0) is 4.79 Å². The summed E-state index contributed by atoms with van der Waals surface area (Å²) in [7, 11) is 0. The van der Waals surface area contributed by atoms with Gasteiger partial charge in [0.2, 0.25) is 11.2 Å². The molecule has 3 rings (SSSR count). The molecular formula is C18H13FO6. The maximum Gasteiger partial charge on any atom is 0.344 e. The molecule has 1 heterocycles. The van der Waals surface area contributed by atoms with E-state index in [1.807, 2.05) is 0 Å². The first-order valence-corrected chi connectivity index (χ1v) is 7.32. The fourth-order valence-electron chi connectivity index (χ4n) is 2.12. The van der Waals surface area contributed by atoms with Crippen LogP contribution >= 0.6 is 0 Å². The first-order valence-electron chi connectivity index (χ1n) is 7.32. The lowest BCUT2D eigenvalue weighted by Gasteiger charge is -2.11. The minimum absolute atomic E-state index is 0.0494. The molecule has 6 nitrogen and oxygen atoms in total. The van der Waals surface area contributed by atoms with Gasteiger partial charge in [0.25, 0.3) is 0 Å². The number of carboxylic acid groups (broad SMARTS) is 1. The number of hydrogen-bond acceptors (Lipinski definition) is 5. The zero-order chi connectivity index (χ0) is 18.0. The van der Waals surface area contributed by atoms with Crippen molar-refractivity contribution in [2.24, 2.45) is 0 Å². The second-order valence-electron chi connectivity index (χ2n) is 5.24. The van der Waals surface area contributed by atoms with Crippen LogP contribution in [0.5, 0.6) is 17.2 Å². The molecule has 1 atom stereocenters. The Labute approximate surface area is 141 Å². The summed E-state index contributed by atoms with van der Waals surface area (Å²) in [6, 6.07) is 9.57. The SMILES string of the molecule is CC(Oc1ccc2c(=O)c(Oc3ccc(F)cc3)coc2c1)C(=O)O. The van der Waals surface area contributed by atoms with Gasteiger partial charge in [-0.25, -0.2) is 9.18 Å².